The summed E-state index contributed by atoms with van der Waals surface area (Å²) in [6, 6.07) is 0. The summed E-state index contributed by atoms with van der Waals surface area (Å²) in [6.45, 7) is 6.67. The van der Waals surface area contributed by atoms with E-state index in [1.54, 1.807) is 4.68 Å². The van der Waals surface area contributed by atoms with E-state index >= 15 is 0 Å². The van der Waals surface area contributed by atoms with Crippen LogP contribution in [0.25, 0.3) is 0 Å². The zero-order valence-corrected chi connectivity index (χ0v) is 13.5. The van der Waals surface area contributed by atoms with E-state index < -0.39 is 5.41 Å². The van der Waals surface area contributed by atoms with Gasteiger partial charge in [0.1, 0.15) is 0 Å². The molecular weight excluding hydrogens is 280 g/mol. The van der Waals surface area contributed by atoms with E-state index in [4.69, 9.17) is 10.2 Å². The number of ketones is 1. The van der Waals surface area contributed by atoms with Crippen molar-refractivity contribution in [2.75, 3.05) is 6.61 Å². The van der Waals surface area contributed by atoms with Crippen LogP contribution in [0.15, 0.2) is 18.0 Å². The van der Waals surface area contributed by atoms with Crippen LogP contribution >= 0.6 is 0 Å². The second-order valence-corrected chi connectivity index (χ2v) is 7.38. The van der Waals surface area contributed by atoms with Gasteiger partial charge in [-0.15, -0.1) is 0 Å². The lowest BCUT2D eigenvalue weighted by Crippen LogP contribution is -2.53. The van der Waals surface area contributed by atoms with E-state index in [9.17, 15) is 9.90 Å². The first-order chi connectivity index (χ1) is 10.3. The van der Waals surface area contributed by atoms with Crippen LogP contribution in [0, 0.1) is 11.3 Å². The molecule has 0 bridgehead atoms. The number of aliphatic hydroxyl groups is 2. The Morgan fingerprint density at radius 2 is 2.18 bits per heavy atom. The Morgan fingerprint density at radius 3 is 2.82 bits per heavy atom. The maximum absolute atomic E-state index is 12.6. The third-order valence-corrected chi connectivity index (χ3v) is 5.64. The Hall–Kier alpha value is -1.62. The van der Waals surface area contributed by atoms with Crippen molar-refractivity contribution in [1.82, 2.24) is 9.78 Å². The lowest BCUT2D eigenvalue weighted by atomic mass is 9.50. The van der Waals surface area contributed by atoms with Crippen molar-refractivity contribution < 1.29 is 15.0 Å². The number of hydrogen-bond acceptors (Lipinski definition) is 4. The zero-order chi connectivity index (χ0) is 16.1. The molecule has 1 saturated carbocycles. The molecule has 1 aromatic rings. The van der Waals surface area contributed by atoms with E-state index in [0.29, 0.717) is 18.5 Å². The van der Waals surface area contributed by atoms with Gasteiger partial charge in [0.25, 0.3) is 0 Å². The minimum absolute atomic E-state index is 0.0516. The molecule has 0 aliphatic heterocycles. The monoisotopic (exact) mass is 304 g/mol. The van der Waals surface area contributed by atoms with Gasteiger partial charge in [-0.2, -0.15) is 5.10 Å². The topological polar surface area (TPSA) is 75.3 Å². The van der Waals surface area contributed by atoms with Gasteiger partial charge in [0.05, 0.1) is 25.1 Å². The third-order valence-electron chi connectivity index (χ3n) is 5.64. The van der Waals surface area contributed by atoms with Crippen molar-refractivity contribution in [3.8, 4) is 0 Å². The molecule has 1 aromatic heterocycles. The van der Waals surface area contributed by atoms with E-state index in [1.807, 2.05) is 20.0 Å². The molecule has 2 aliphatic carbocycles. The molecule has 120 valence electrons. The molecule has 2 aliphatic rings. The molecule has 0 spiro atoms. The second kappa shape index (κ2) is 4.95. The highest BCUT2D eigenvalue weighted by atomic mass is 16.3. The SMILES string of the molecule is CC1(C)C(=O)/C(=C\O)C[C@]2(C)c3nn(CCO)cc3CC[C@@H]12. The maximum atomic E-state index is 12.6. The first-order valence-corrected chi connectivity index (χ1v) is 7.90. The second-order valence-electron chi connectivity index (χ2n) is 7.38. The van der Waals surface area contributed by atoms with Crippen molar-refractivity contribution in [3.63, 3.8) is 0 Å². The van der Waals surface area contributed by atoms with E-state index in [1.165, 1.54) is 5.56 Å². The predicted molar refractivity (Wildman–Crippen MR) is 82.6 cm³/mol. The summed E-state index contributed by atoms with van der Waals surface area (Å²) in [5, 5.41) is 23.3. The third kappa shape index (κ3) is 1.95. The number of aromatic nitrogens is 2. The molecule has 2 N–H and O–H groups in total. The molecule has 2 atom stereocenters. The fourth-order valence-electron chi connectivity index (χ4n) is 4.64. The molecule has 0 unspecified atom stereocenters. The molecule has 5 heteroatoms. The van der Waals surface area contributed by atoms with Crippen LogP contribution in [0.3, 0.4) is 0 Å². The van der Waals surface area contributed by atoms with Crippen LogP contribution in [0.5, 0.6) is 0 Å². The van der Waals surface area contributed by atoms with Gasteiger partial charge in [-0.25, -0.2) is 0 Å². The van der Waals surface area contributed by atoms with E-state index in [-0.39, 0.29) is 23.7 Å². The summed E-state index contributed by atoms with van der Waals surface area (Å²) < 4.78 is 1.80. The molecule has 0 amide bonds. The van der Waals surface area contributed by atoms with Crippen LogP contribution in [0.1, 0.15) is 44.9 Å². The van der Waals surface area contributed by atoms with Gasteiger partial charge in [-0.05, 0) is 30.7 Å². The first kappa shape index (κ1) is 15.3. The summed E-state index contributed by atoms with van der Waals surface area (Å²) in [5.74, 6) is 0.261. The quantitative estimate of drug-likeness (QED) is 0.648. The average molecular weight is 304 g/mol. The highest BCUT2D eigenvalue weighted by Gasteiger charge is 2.56. The van der Waals surface area contributed by atoms with Crippen molar-refractivity contribution in [2.45, 2.75) is 52.0 Å². The van der Waals surface area contributed by atoms with Crippen LogP contribution < -0.4 is 0 Å². The largest absolute Gasteiger partial charge is 0.515 e. The Bertz CT molecular complexity index is 644. The molecule has 1 heterocycles. The van der Waals surface area contributed by atoms with Crippen molar-refractivity contribution in [1.29, 1.82) is 0 Å². The van der Waals surface area contributed by atoms with Gasteiger partial charge in [0.15, 0.2) is 5.78 Å². The highest BCUT2D eigenvalue weighted by molar-refractivity contribution is 6.00. The van der Waals surface area contributed by atoms with Crippen molar-refractivity contribution >= 4 is 5.78 Å². The predicted octanol–water partition coefficient (Wildman–Crippen LogP) is 2.14. The number of carbonyl (C=O) groups is 1. The standard InChI is InChI=1S/C17H24N2O3/c1-16(2)13-5-4-11-9-19(6-7-20)18-14(11)17(13,3)8-12(10-21)15(16)22/h9-10,13,20-21H,4-8H2,1-3H3/b12-10-/t13-,17-/m0/s1. The smallest absolute Gasteiger partial charge is 0.167 e. The number of fused-ring (bicyclic) bond motifs is 3. The molecule has 22 heavy (non-hydrogen) atoms. The van der Waals surface area contributed by atoms with E-state index in [2.05, 4.69) is 6.92 Å². The van der Waals surface area contributed by atoms with Crippen LogP contribution in [0.2, 0.25) is 0 Å². The Labute approximate surface area is 130 Å². The lowest BCUT2D eigenvalue weighted by molar-refractivity contribution is -0.131. The molecule has 5 nitrogen and oxygen atoms in total. The normalized spacial score (nSPS) is 31.9. The van der Waals surface area contributed by atoms with Gasteiger partial charge in [-0.1, -0.05) is 20.8 Å². The number of allylic oxidation sites excluding steroid dienone is 1. The number of nitrogens with zero attached hydrogens (tertiary/aromatic N) is 2. The minimum Gasteiger partial charge on any atom is -0.515 e. The fraction of sp³-hybridized carbons (Fsp3) is 0.647. The maximum Gasteiger partial charge on any atom is 0.167 e. The number of aliphatic hydroxyl groups excluding tert-OH is 2. The van der Waals surface area contributed by atoms with Gasteiger partial charge in [-0.3, -0.25) is 9.48 Å². The summed E-state index contributed by atoms with van der Waals surface area (Å²) in [7, 11) is 0. The number of aryl methyl sites for hydroxylation is 1. The first-order valence-electron chi connectivity index (χ1n) is 7.90. The Morgan fingerprint density at radius 1 is 1.45 bits per heavy atom. The molecular formula is C17H24N2O3. The molecule has 0 aromatic carbocycles. The van der Waals surface area contributed by atoms with Gasteiger partial charge in [0.2, 0.25) is 0 Å². The van der Waals surface area contributed by atoms with Gasteiger partial charge < -0.3 is 10.2 Å². The minimum atomic E-state index is -0.500. The average Bonchev–Trinajstić information content (AvgIpc) is 2.87. The molecule has 1 fully saturated rings. The van der Waals surface area contributed by atoms with Gasteiger partial charge >= 0.3 is 0 Å². The number of hydrogen-bond donors (Lipinski definition) is 2. The van der Waals surface area contributed by atoms with Gasteiger partial charge in [0, 0.05) is 22.6 Å². The fourth-order valence-corrected chi connectivity index (χ4v) is 4.64. The van der Waals surface area contributed by atoms with Crippen molar-refractivity contribution in [3.05, 3.63) is 29.3 Å². The van der Waals surface area contributed by atoms with Crippen LogP contribution in [0.4, 0.5) is 0 Å². The van der Waals surface area contributed by atoms with Crippen LogP contribution in [-0.2, 0) is 23.2 Å². The molecule has 0 radical (unpaired) electrons. The summed E-state index contributed by atoms with van der Waals surface area (Å²) in [6.07, 6.45) is 5.38. The molecule has 0 saturated heterocycles. The summed E-state index contributed by atoms with van der Waals surface area (Å²) >= 11 is 0. The zero-order valence-electron chi connectivity index (χ0n) is 13.5. The number of carbonyl (C=O) groups excluding carboxylic acids is 1. The van der Waals surface area contributed by atoms with Crippen molar-refractivity contribution in [2.24, 2.45) is 11.3 Å². The summed E-state index contributed by atoms with van der Waals surface area (Å²) in [4.78, 5) is 12.6. The Balaban J connectivity index is 2.11. The number of Topliss-reactive ketones (excluding diaryl/α,β-unsaturated/α-hetero) is 1. The van der Waals surface area contributed by atoms with E-state index in [0.717, 1.165) is 24.8 Å². The summed E-state index contributed by atoms with van der Waals surface area (Å²) in [5.41, 5.74) is 1.97. The Kier molecular flexibility index (Phi) is 3.44. The van der Waals surface area contributed by atoms with Crippen LogP contribution in [-0.4, -0.2) is 32.4 Å². The molecule has 3 rings (SSSR count). The number of rotatable bonds is 2. The highest BCUT2D eigenvalue weighted by Crippen LogP contribution is 2.56. The lowest BCUT2D eigenvalue weighted by Gasteiger charge is -2.52.